The molecule has 1 saturated carbocycles. The number of hydrogen-bond donors (Lipinski definition) is 0. The van der Waals surface area contributed by atoms with Gasteiger partial charge in [-0.1, -0.05) is 19.3 Å². The Balaban J connectivity index is 2.24. The number of hydrogen-bond acceptors (Lipinski definition) is 2. The molecule has 0 radical (unpaired) electrons. The lowest BCUT2D eigenvalue weighted by atomic mass is 9.94. The predicted molar refractivity (Wildman–Crippen MR) is 82.0 cm³/mol. The van der Waals surface area contributed by atoms with Crippen molar-refractivity contribution >= 4 is 11.8 Å². The Hall–Kier alpha value is -1.58. The maximum absolute atomic E-state index is 13.1. The van der Waals surface area contributed by atoms with E-state index in [4.69, 9.17) is 4.74 Å². The summed E-state index contributed by atoms with van der Waals surface area (Å²) in [5.74, 6) is -0.300. The van der Waals surface area contributed by atoms with Crippen LogP contribution in [0.5, 0.6) is 0 Å². The molecule has 1 aliphatic carbocycles. The van der Waals surface area contributed by atoms with E-state index < -0.39 is 5.60 Å². The van der Waals surface area contributed by atoms with Crippen LogP contribution in [0.15, 0.2) is 24.3 Å². The molecule has 0 bridgehead atoms. The molecule has 0 aromatic heterocycles. The molecule has 0 spiro atoms. The molecule has 4 heteroatoms. The fourth-order valence-corrected chi connectivity index (χ4v) is 2.72. The van der Waals surface area contributed by atoms with Crippen LogP contribution in [0, 0.1) is 5.82 Å². The monoisotopic (exact) mass is 293 g/mol. The summed E-state index contributed by atoms with van der Waals surface area (Å²) in [5.41, 5.74) is 0.168. The Morgan fingerprint density at radius 3 is 2.24 bits per heavy atom. The molecule has 1 aromatic rings. The third-order valence-corrected chi connectivity index (χ3v) is 3.63. The molecule has 1 fully saturated rings. The highest BCUT2D eigenvalue weighted by Gasteiger charge is 2.30. The predicted octanol–water partition coefficient (Wildman–Crippen LogP) is 4.90. The first-order valence-corrected chi connectivity index (χ1v) is 7.64. The highest BCUT2D eigenvalue weighted by molar-refractivity contribution is 5.88. The Morgan fingerprint density at radius 1 is 1.14 bits per heavy atom. The second kappa shape index (κ2) is 6.46. The lowest BCUT2D eigenvalue weighted by molar-refractivity contribution is 0.0558. The third kappa shape index (κ3) is 4.45. The smallest absolute Gasteiger partial charge is 0.415 e. The second-order valence-electron chi connectivity index (χ2n) is 6.62. The number of anilines is 1. The minimum Gasteiger partial charge on any atom is -0.443 e. The molecule has 0 atom stereocenters. The van der Waals surface area contributed by atoms with Gasteiger partial charge in [0, 0.05) is 11.7 Å². The maximum atomic E-state index is 13.1. The van der Waals surface area contributed by atoms with Crippen LogP contribution in [0.2, 0.25) is 0 Å². The standard InChI is InChI=1S/C17H24FNO2/c1-17(2,3)21-16(20)19(14-7-5-4-6-8-14)15-11-9-13(18)10-12-15/h9-12,14H,4-8H2,1-3H3. The Labute approximate surface area is 126 Å². The zero-order chi connectivity index (χ0) is 15.5. The molecule has 0 heterocycles. The van der Waals surface area contributed by atoms with Gasteiger partial charge in [0.15, 0.2) is 0 Å². The van der Waals surface area contributed by atoms with Crippen molar-refractivity contribution < 1.29 is 13.9 Å². The van der Waals surface area contributed by atoms with Crippen LogP contribution in [0.25, 0.3) is 0 Å². The van der Waals surface area contributed by atoms with E-state index >= 15 is 0 Å². The van der Waals surface area contributed by atoms with Gasteiger partial charge in [-0.3, -0.25) is 4.90 Å². The number of benzene rings is 1. The number of amides is 1. The van der Waals surface area contributed by atoms with Crippen LogP contribution in [-0.4, -0.2) is 17.7 Å². The van der Waals surface area contributed by atoms with Gasteiger partial charge in [-0.15, -0.1) is 0 Å². The Kier molecular flexibility index (Phi) is 4.86. The summed E-state index contributed by atoms with van der Waals surface area (Å²) in [6.07, 6.45) is 5.03. The van der Waals surface area contributed by atoms with Crippen molar-refractivity contribution in [2.75, 3.05) is 4.90 Å². The van der Waals surface area contributed by atoms with Crippen molar-refractivity contribution in [3.63, 3.8) is 0 Å². The van der Waals surface area contributed by atoms with Gasteiger partial charge < -0.3 is 4.74 Å². The third-order valence-electron chi connectivity index (χ3n) is 3.63. The molecular formula is C17H24FNO2. The van der Waals surface area contributed by atoms with Crippen molar-refractivity contribution in [1.29, 1.82) is 0 Å². The minimum absolute atomic E-state index is 0.138. The molecular weight excluding hydrogens is 269 g/mol. The molecule has 2 rings (SSSR count). The Morgan fingerprint density at radius 2 is 1.71 bits per heavy atom. The summed E-state index contributed by atoms with van der Waals surface area (Å²) in [6, 6.07) is 6.20. The lowest BCUT2D eigenvalue weighted by Gasteiger charge is -2.35. The first kappa shape index (κ1) is 15.8. The van der Waals surface area contributed by atoms with E-state index in [2.05, 4.69) is 0 Å². The molecule has 1 aliphatic rings. The number of halogens is 1. The number of rotatable bonds is 2. The van der Waals surface area contributed by atoms with Crippen LogP contribution in [0.3, 0.4) is 0 Å². The van der Waals surface area contributed by atoms with E-state index in [9.17, 15) is 9.18 Å². The first-order chi connectivity index (χ1) is 9.87. The highest BCUT2D eigenvalue weighted by Crippen LogP contribution is 2.29. The first-order valence-electron chi connectivity index (χ1n) is 7.64. The Bertz CT molecular complexity index is 473. The number of ether oxygens (including phenoxy) is 1. The topological polar surface area (TPSA) is 29.5 Å². The SMILES string of the molecule is CC(C)(C)OC(=O)N(c1ccc(F)cc1)C1CCCCC1. The van der Waals surface area contributed by atoms with Crippen molar-refractivity contribution in [1.82, 2.24) is 0 Å². The van der Waals surface area contributed by atoms with Gasteiger partial charge in [0.25, 0.3) is 0 Å². The van der Waals surface area contributed by atoms with E-state index in [1.807, 2.05) is 20.8 Å². The van der Waals surface area contributed by atoms with Crippen molar-refractivity contribution in [3.8, 4) is 0 Å². The van der Waals surface area contributed by atoms with E-state index in [0.717, 1.165) is 25.7 Å². The quantitative estimate of drug-likeness (QED) is 0.776. The van der Waals surface area contributed by atoms with Gasteiger partial charge in [-0.25, -0.2) is 9.18 Å². The summed E-state index contributed by atoms with van der Waals surface area (Å²) < 4.78 is 18.7. The summed E-state index contributed by atoms with van der Waals surface area (Å²) in [6.45, 7) is 5.57. The average molecular weight is 293 g/mol. The number of carbonyl (C=O) groups excluding carboxylic acids is 1. The fourth-order valence-electron chi connectivity index (χ4n) is 2.72. The molecule has 0 N–H and O–H groups in total. The van der Waals surface area contributed by atoms with Crippen molar-refractivity contribution in [2.24, 2.45) is 0 Å². The molecule has 0 aliphatic heterocycles. The van der Waals surface area contributed by atoms with Gasteiger partial charge in [-0.05, 0) is 57.9 Å². The van der Waals surface area contributed by atoms with E-state index in [-0.39, 0.29) is 18.0 Å². The second-order valence-corrected chi connectivity index (χ2v) is 6.62. The lowest BCUT2D eigenvalue weighted by Crippen LogP contribution is -2.44. The largest absolute Gasteiger partial charge is 0.443 e. The van der Waals surface area contributed by atoms with Crippen molar-refractivity contribution in [2.45, 2.75) is 64.5 Å². The molecule has 0 unspecified atom stereocenters. The molecule has 1 aromatic carbocycles. The fraction of sp³-hybridized carbons (Fsp3) is 0.588. The average Bonchev–Trinajstić information content (AvgIpc) is 2.40. The van der Waals surface area contributed by atoms with E-state index in [1.165, 1.54) is 18.6 Å². The number of carbonyl (C=O) groups is 1. The van der Waals surface area contributed by atoms with Gasteiger partial charge in [0.05, 0.1) is 0 Å². The van der Waals surface area contributed by atoms with Gasteiger partial charge in [-0.2, -0.15) is 0 Å². The molecule has 1 amide bonds. The van der Waals surface area contributed by atoms with Crippen LogP contribution in [-0.2, 0) is 4.74 Å². The van der Waals surface area contributed by atoms with Crippen LogP contribution in [0.4, 0.5) is 14.9 Å². The maximum Gasteiger partial charge on any atom is 0.415 e. The zero-order valence-corrected chi connectivity index (χ0v) is 13.1. The molecule has 0 saturated heterocycles. The molecule has 3 nitrogen and oxygen atoms in total. The summed E-state index contributed by atoms with van der Waals surface area (Å²) in [4.78, 5) is 14.3. The van der Waals surface area contributed by atoms with E-state index in [0.29, 0.717) is 5.69 Å². The minimum atomic E-state index is -0.538. The summed E-state index contributed by atoms with van der Waals surface area (Å²) in [5, 5.41) is 0. The summed E-state index contributed by atoms with van der Waals surface area (Å²) >= 11 is 0. The van der Waals surface area contributed by atoms with Gasteiger partial charge in [0.1, 0.15) is 11.4 Å². The van der Waals surface area contributed by atoms with Crippen LogP contribution < -0.4 is 4.90 Å². The zero-order valence-electron chi connectivity index (χ0n) is 13.1. The van der Waals surface area contributed by atoms with Crippen molar-refractivity contribution in [3.05, 3.63) is 30.1 Å². The van der Waals surface area contributed by atoms with E-state index in [1.54, 1.807) is 17.0 Å². The van der Waals surface area contributed by atoms with Crippen LogP contribution in [0.1, 0.15) is 52.9 Å². The van der Waals surface area contributed by atoms with Gasteiger partial charge in [0.2, 0.25) is 0 Å². The summed E-state index contributed by atoms with van der Waals surface area (Å²) in [7, 11) is 0. The molecule has 21 heavy (non-hydrogen) atoms. The van der Waals surface area contributed by atoms with Gasteiger partial charge >= 0.3 is 6.09 Å². The normalized spacial score (nSPS) is 16.6. The van der Waals surface area contributed by atoms with Crippen LogP contribution >= 0.6 is 0 Å². The highest BCUT2D eigenvalue weighted by atomic mass is 19.1. The molecule has 116 valence electrons. The number of nitrogens with zero attached hydrogens (tertiary/aromatic N) is 1.